The summed E-state index contributed by atoms with van der Waals surface area (Å²) in [7, 11) is 1.60. The number of benzene rings is 2. The van der Waals surface area contributed by atoms with Crippen molar-refractivity contribution in [2.24, 2.45) is 15.9 Å². The van der Waals surface area contributed by atoms with Gasteiger partial charge in [0.05, 0.1) is 13.3 Å². The summed E-state index contributed by atoms with van der Waals surface area (Å²) < 4.78 is 12.3. The number of halogens is 1. The molecule has 0 aliphatic rings. The van der Waals surface area contributed by atoms with Gasteiger partial charge in [-0.25, -0.2) is 0 Å². The molecule has 0 unspecified atom stereocenters. The molecule has 2 aromatic carbocycles. The molecule has 0 saturated heterocycles. The molecular formula is C17H18BrN3O2S. The molecule has 126 valence electrons. The van der Waals surface area contributed by atoms with E-state index in [1.807, 2.05) is 48.7 Å². The lowest BCUT2D eigenvalue weighted by molar-refractivity contribution is 0.284. The Balaban J connectivity index is 2.07. The molecule has 0 radical (unpaired) electrons. The number of hydrogen-bond acceptors (Lipinski definition) is 5. The maximum Gasteiger partial charge on any atom is 0.180 e. The smallest absolute Gasteiger partial charge is 0.180 e. The van der Waals surface area contributed by atoms with E-state index < -0.39 is 0 Å². The second-order valence-corrected chi connectivity index (χ2v) is 6.45. The van der Waals surface area contributed by atoms with E-state index in [-0.39, 0.29) is 0 Å². The molecule has 2 rings (SSSR count). The third-order valence-electron chi connectivity index (χ3n) is 3.07. The number of nitrogens with zero attached hydrogens (tertiary/aromatic N) is 2. The summed E-state index contributed by atoms with van der Waals surface area (Å²) in [6.07, 6.45) is 3.46. The van der Waals surface area contributed by atoms with Crippen molar-refractivity contribution in [2.45, 2.75) is 6.61 Å². The van der Waals surface area contributed by atoms with Crippen LogP contribution in [0.1, 0.15) is 11.1 Å². The number of thioether (sulfide) groups is 1. The monoisotopic (exact) mass is 407 g/mol. The van der Waals surface area contributed by atoms with Crippen LogP contribution in [0.4, 0.5) is 0 Å². The first-order valence-corrected chi connectivity index (χ1v) is 9.10. The predicted octanol–water partition coefficient (Wildman–Crippen LogP) is 4.05. The van der Waals surface area contributed by atoms with Gasteiger partial charge in [-0.2, -0.15) is 5.10 Å². The van der Waals surface area contributed by atoms with Gasteiger partial charge in [0, 0.05) is 4.47 Å². The van der Waals surface area contributed by atoms with Gasteiger partial charge in [-0.3, -0.25) is 0 Å². The number of rotatable bonds is 6. The van der Waals surface area contributed by atoms with Crippen LogP contribution in [0, 0.1) is 0 Å². The summed E-state index contributed by atoms with van der Waals surface area (Å²) in [5, 5.41) is 8.20. The van der Waals surface area contributed by atoms with E-state index >= 15 is 0 Å². The SMILES string of the molecule is COc1cc(/C=N\N=C(/N)SC)ccc1OCc1ccc(Br)cc1. The first-order chi connectivity index (χ1) is 11.6. The zero-order chi connectivity index (χ0) is 17.4. The molecule has 5 nitrogen and oxygen atoms in total. The Labute approximate surface area is 154 Å². The molecule has 0 atom stereocenters. The molecule has 0 aliphatic carbocycles. The molecule has 24 heavy (non-hydrogen) atoms. The van der Waals surface area contributed by atoms with Crippen molar-refractivity contribution in [2.75, 3.05) is 13.4 Å². The first kappa shape index (κ1) is 18.4. The largest absolute Gasteiger partial charge is 0.493 e. The van der Waals surface area contributed by atoms with E-state index in [0.717, 1.165) is 15.6 Å². The molecule has 0 aliphatic heterocycles. The van der Waals surface area contributed by atoms with Gasteiger partial charge in [0.1, 0.15) is 6.61 Å². The van der Waals surface area contributed by atoms with Gasteiger partial charge in [0.2, 0.25) is 0 Å². The van der Waals surface area contributed by atoms with Crippen LogP contribution in [0.25, 0.3) is 0 Å². The van der Waals surface area contributed by atoms with Gasteiger partial charge in [0.15, 0.2) is 16.7 Å². The number of nitrogens with two attached hydrogens (primary N) is 1. The van der Waals surface area contributed by atoms with E-state index in [2.05, 4.69) is 26.1 Å². The minimum absolute atomic E-state index is 0.410. The second kappa shape index (κ2) is 9.34. The average Bonchev–Trinajstić information content (AvgIpc) is 2.61. The van der Waals surface area contributed by atoms with Crippen LogP contribution in [0.15, 0.2) is 57.1 Å². The highest BCUT2D eigenvalue weighted by atomic mass is 79.9. The van der Waals surface area contributed by atoms with Crippen LogP contribution in [-0.2, 0) is 6.61 Å². The van der Waals surface area contributed by atoms with Crippen molar-refractivity contribution < 1.29 is 9.47 Å². The van der Waals surface area contributed by atoms with Gasteiger partial charge in [-0.15, -0.1) is 5.10 Å². The average molecular weight is 408 g/mol. The highest BCUT2D eigenvalue weighted by Gasteiger charge is 2.05. The second-order valence-electron chi connectivity index (χ2n) is 4.71. The predicted molar refractivity (Wildman–Crippen MR) is 104 cm³/mol. The molecule has 0 amide bonds. The number of amidine groups is 1. The van der Waals surface area contributed by atoms with Crippen molar-refractivity contribution in [3.63, 3.8) is 0 Å². The van der Waals surface area contributed by atoms with E-state index in [0.29, 0.717) is 23.3 Å². The van der Waals surface area contributed by atoms with Gasteiger partial charge >= 0.3 is 0 Å². The summed E-state index contributed by atoms with van der Waals surface area (Å²) in [5.41, 5.74) is 7.50. The minimum atomic E-state index is 0.410. The maximum absolute atomic E-state index is 5.83. The van der Waals surface area contributed by atoms with Crippen LogP contribution in [0.3, 0.4) is 0 Å². The van der Waals surface area contributed by atoms with Gasteiger partial charge in [-0.05, 0) is 47.7 Å². The van der Waals surface area contributed by atoms with Crippen LogP contribution >= 0.6 is 27.7 Å². The van der Waals surface area contributed by atoms with Gasteiger partial charge in [-0.1, -0.05) is 39.8 Å². The number of ether oxygens (including phenoxy) is 2. The lowest BCUT2D eigenvalue weighted by Gasteiger charge is -2.11. The Morgan fingerprint density at radius 2 is 1.96 bits per heavy atom. The van der Waals surface area contributed by atoms with Crippen LogP contribution in [0.2, 0.25) is 0 Å². The molecule has 0 aromatic heterocycles. The Bertz CT molecular complexity index is 733. The fourth-order valence-corrected chi connectivity index (χ4v) is 2.21. The highest BCUT2D eigenvalue weighted by Crippen LogP contribution is 2.28. The summed E-state index contributed by atoms with van der Waals surface area (Å²) >= 11 is 4.76. The lowest BCUT2D eigenvalue weighted by Crippen LogP contribution is -2.04. The Morgan fingerprint density at radius 3 is 2.62 bits per heavy atom. The Morgan fingerprint density at radius 1 is 1.21 bits per heavy atom. The van der Waals surface area contributed by atoms with E-state index in [1.54, 1.807) is 13.3 Å². The summed E-state index contributed by atoms with van der Waals surface area (Å²) in [6, 6.07) is 13.5. The van der Waals surface area contributed by atoms with Crippen molar-refractivity contribution in [1.29, 1.82) is 0 Å². The standard InChI is InChI=1S/C17H18BrN3O2S/c1-22-16-9-13(10-20-21-17(19)24-2)5-8-15(16)23-11-12-3-6-14(18)7-4-12/h3-10H,11H2,1-2H3,(H2,19,21)/b20-10-. The minimum Gasteiger partial charge on any atom is -0.493 e. The Kier molecular flexibility index (Phi) is 7.14. The van der Waals surface area contributed by atoms with E-state index in [4.69, 9.17) is 15.2 Å². The highest BCUT2D eigenvalue weighted by molar-refractivity contribution is 9.10. The molecule has 2 N–H and O–H groups in total. The summed E-state index contributed by atoms with van der Waals surface area (Å²) in [6.45, 7) is 0.464. The van der Waals surface area contributed by atoms with E-state index in [9.17, 15) is 0 Å². The van der Waals surface area contributed by atoms with Gasteiger partial charge < -0.3 is 15.2 Å². The van der Waals surface area contributed by atoms with Crippen LogP contribution in [-0.4, -0.2) is 24.7 Å². The molecule has 0 saturated carbocycles. The fraction of sp³-hybridized carbons (Fsp3) is 0.176. The molecule has 0 spiro atoms. The molecular weight excluding hydrogens is 390 g/mol. The molecule has 0 heterocycles. The Hall–Kier alpha value is -1.99. The maximum atomic E-state index is 5.83. The van der Waals surface area contributed by atoms with Crippen molar-refractivity contribution in [3.8, 4) is 11.5 Å². The molecule has 2 aromatic rings. The summed E-state index contributed by atoms with van der Waals surface area (Å²) in [4.78, 5) is 0. The number of methoxy groups -OCH3 is 1. The zero-order valence-corrected chi connectivity index (χ0v) is 15.8. The van der Waals surface area contributed by atoms with E-state index in [1.165, 1.54) is 11.8 Å². The normalized spacial score (nSPS) is 11.7. The topological polar surface area (TPSA) is 69.2 Å². The van der Waals surface area contributed by atoms with Crippen LogP contribution < -0.4 is 15.2 Å². The molecule has 0 bridgehead atoms. The molecule has 7 heteroatoms. The van der Waals surface area contributed by atoms with Crippen molar-refractivity contribution in [3.05, 3.63) is 58.1 Å². The van der Waals surface area contributed by atoms with Gasteiger partial charge in [0.25, 0.3) is 0 Å². The van der Waals surface area contributed by atoms with Crippen LogP contribution in [0.5, 0.6) is 11.5 Å². The van der Waals surface area contributed by atoms with Crippen molar-refractivity contribution in [1.82, 2.24) is 0 Å². The number of hydrogen-bond donors (Lipinski definition) is 1. The third-order valence-corrected chi connectivity index (χ3v) is 4.10. The third kappa shape index (κ3) is 5.58. The van der Waals surface area contributed by atoms with Crippen molar-refractivity contribution >= 4 is 39.1 Å². The zero-order valence-electron chi connectivity index (χ0n) is 13.4. The lowest BCUT2D eigenvalue weighted by atomic mass is 10.2. The fourth-order valence-electron chi connectivity index (χ4n) is 1.82. The summed E-state index contributed by atoms with van der Waals surface area (Å²) in [5.74, 6) is 1.31. The first-order valence-electron chi connectivity index (χ1n) is 7.08. The molecule has 0 fully saturated rings. The quantitative estimate of drug-likeness (QED) is 0.445.